The second-order valence-electron chi connectivity index (χ2n) is 6.05. The van der Waals surface area contributed by atoms with Crippen LogP contribution in [0.2, 0.25) is 0 Å². The van der Waals surface area contributed by atoms with Gasteiger partial charge in [-0.1, -0.05) is 48.6 Å². The number of piperidine rings is 1. The van der Waals surface area contributed by atoms with Crippen molar-refractivity contribution in [2.24, 2.45) is 5.92 Å². The third kappa shape index (κ3) is 4.86. The number of benzene rings is 1. The number of hydrogen-bond donors (Lipinski definition) is 0. The highest BCUT2D eigenvalue weighted by Crippen LogP contribution is 2.31. The first-order valence-electron chi connectivity index (χ1n) is 8.20. The average Bonchev–Trinajstić information content (AvgIpc) is 2.59. The number of rotatable bonds is 7. The van der Waals surface area contributed by atoms with Crippen LogP contribution in [-0.2, 0) is 0 Å². The minimum Gasteiger partial charge on any atom is -0.366 e. The summed E-state index contributed by atoms with van der Waals surface area (Å²) >= 11 is 5.75. The van der Waals surface area contributed by atoms with Crippen LogP contribution in [0.3, 0.4) is 0 Å². The Hall–Kier alpha value is -1.75. The van der Waals surface area contributed by atoms with E-state index in [2.05, 4.69) is 11.5 Å². The topological polar surface area (TPSA) is 46.4 Å². The molecule has 1 aliphatic heterocycles. The fourth-order valence-electron chi connectivity index (χ4n) is 3.29. The molecular formula is C18H24N2O2S. The summed E-state index contributed by atoms with van der Waals surface area (Å²) in [6, 6.07) is 9.71. The Labute approximate surface area is 143 Å². The van der Waals surface area contributed by atoms with Crippen molar-refractivity contribution >= 4 is 17.2 Å². The minimum atomic E-state index is -0.230. The van der Waals surface area contributed by atoms with E-state index in [1.165, 1.54) is 6.42 Å². The van der Waals surface area contributed by atoms with Gasteiger partial charge in [-0.15, -0.1) is 6.58 Å². The minimum absolute atomic E-state index is 0.0478. The van der Waals surface area contributed by atoms with Crippen LogP contribution in [0.25, 0.3) is 0 Å². The van der Waals surface area contributed by atoms with Gasteiger partial charge >= 0.3 is 0 Å². The Kier molecular flexibility index (Phi) is 6.71. The quantitative estimate of drug-likeness (QED) is 0.327. The van der Waals surface area contributed by atoms with Crippen LogP contribution in [0.15, 0.2) is 43.0 Å². The highest BCUT2D eigenvalue weighted by Gasteiger charge is 2.32. The van der Waals surface area contributed by atoms with Gasteiger partial charge in [0.2, 0.25) is 6.54 Å². The summed E-state index contributed by atoms with van der Waals surface area (Å²) in [6.45, 7) is 5.66. The van der Waals surface area contributed by atoms with E-state index in [0.717, 1.165) is 36.5 Å². The fourth-order valence-corrected chi connectivity index (χ4v) is 3.73. The van der Waals surface area contributed by atoms with Crippen molar-refractivity contribution in [3.63, 3.8) is 0 Å². The van der Waals surface area contributed by atoms with Gasteiger partial charge in [0.1, 0.15) is 0 Å². The molecular weight excluding hydrogens is 308 g/mol. The maximum Gasteiger partial charge on any atom is 0.211 e. The summed E-state index contributed by atoms with van der Waals surface area (Å²) in [4.78, 5) is 14.1. The maximum atomic E-state index is 11.2. The van der Waals surface area contributed by atoms with Gasteiger partial charge in [0.05, 0.1) is 10.9 Å². The first kappa shape index (κ1) is 17.6. The molecule has 124 valence electrons. The Balaban J connectivity index is 2.27. The lowest BCUT2D eigenvalue weighted by atomic mass is 9.83. The molecule has 0 aromatic heterocycles. The smallest absolute Gasteiger partial charge is 0.211 e. The lowest BCUT2D eigenvalue weighted by Crippen LogP contribution is -2.41. The largest absolute Gasteiger partial charge is 0.366 e. The molecule has 0 radical (unpaired) electrons. The summed E-state index contributed by atoms with van der Waals surface area (Å²) in [5.74, 6) is -0.257. The molecule has 2 atom stereocenters. The van der Waals surface area contributed by atoms with Crippen LogP contribution >= 0.6 is 12.2 Å². The number of allylic oxidation sites excluding steroid dienone is 1. The number of nitrogens with zero attached hydrogens (tertiary/aromatic N) is 2. The number of thiocarbonyl (C=S) groups is 1. The SMILES string of the molecule is C=CCC(C(=S)N1CCCCC1)C(C[N+](=O)[O-])c1ccccc1. The van der Waals surface area contributed by atoms with Gasteiger partial charge in [-0.05, 0) is 31.2 Å². The molecule has 2 unspecified atom stereocenters. The predicted molar refractivity (Wildman–Crippen MR) is 97.4 cm³/mol. The fraction of sp³-hybridized carbons (Fsp3) is 0.500. The van der Waals surface area contributed by atoms with Gasteiger partial charge in [-0.2, -0.15) is 0 Å². The molecule has 1 aliphatic rings. The third-order valence-electron chi connectivity index (χ3n) is 4.46. The van der Waals surface area contributed by atoms with Gasteiger partial charge < -0.3 is 4.90 Å². The molecule has 0 saturated carbocycles. The monoisotopic (exact) mass is 332 g/mol. The molecule has 1 fully saturated rings. The zero-order valence-electron chi connectivity index (χ0n) is 13.4. The maximum absolute atomic E-state index is 11.2. The van der Waals surface area contributed by atoms with E-state index in [4.69, 9.17) is 12.2 Å². The lowest BCUT2D eigenvalue weighted by molar-refractivity contribution is -0.484. The van der Waals surface area contributed by atoms with E-state index >= 15 is 0 Å². The molecule has 1 aromatic carbocycles. The van der Waals surface area contributed by atoms with Gasteiger partial charge in [-0.3, -0.25) is 10.1 Å². The van der Waals surface area contributed by atoms with Crippen LogP contribution < -0.4 is 0 Å². The molecule has 1 heterocycles. The number of nitro groups is 1. The van der Waals surface area contributed by atoms with E-state index in [9.17, 15) is 10.1 Å². The molecule has 4 nitrogen and oxygen atoms in total. The van der Waals surface area contributed by atoms with Gasteiger partial charge in [0.25, 0.3) is 0 Å². The van der Waals surface area contributed by atoms with E-state index in [1.807, 2.05) is 36.4 Å². The van der Waals surface area contributed by atoms with E-state index in [0.29, 0.717) is 6.42 Å². The van der Waals surface area contributed by atoms with Crippen LogP contribution in [0.4, 0.5) is 0 Å². The van der Waals surface area contributed by atoms with Crippen molar-refractivity contribution in [1.29, 1.82) is 0 Å². The van der Waals surface area contributed by atoms with Crippen molar-refractivity contribution < 1.29 is 4.92 Å². The van der Waals surface area contributed by atoms with Gasteiger partial charge in [0, 0.05) is 23.9 Å². The van der Waals surface area contributed by atoms with Gasteiger partial charge in [-0.25, -0.2) is 0 Å². The Bertz CT molecular complexity index is 541. The highest BCUT2D eigenvalue weighted by molar-refractivity contribution is 7.80. The first-order chi connectivity index (χ1) is 11.1. The van der Waals surface area contributed by atoms with Crippen LogP contribution in [0.1, 0.15) is 37.2 Å². The molecule has 1 saturated heterocycles. The van der Waals surface area contributed by atoms with E-state index < -0.39 is 0 Å². The first-order valence-corrected chi connectivity index (χ1v) is 8.60. The molecule has 0 spiro atoms. The molecule has 2 rings (SSSR count). The Morgan fingerprint density at radius 2 is 1.96 bits per heavy atom. The average molecular weight is 332 g/mol. The van der Waals surface area contributed by atoms with Crippen molar-refractivity contribution in [3.8, 4) is 0 Å². The number of hydrogen-bond acceptors (Lipinski definition) is 3. The van der Waals surface area contributed by atoms with Crippen molar-refractivity contribution in [2.75, 3.05) is 19.6 Å². The lowest BCUT2D eigenvalue weighted by Gasteiger charge is -2.35. The second-order valence-corrected chi connectivity index (χ2v) is 6.47. The highest BCUT2D eigenvalue weighted by atomic mass is 32.1. The standard InChI is InChI=1S/C18H24N2O2S/c1-2-9-16(18(23)19-12-7-4-8-13-19)17(14-20(21)22)15-10-5-3-6-11-15/h2-3,5-6,10-11,16-17H,1,4,7-9,12-14H2. The van der Waals surface area contributed by atoms with Gasteiger partial charge in [0.15, 0.2) is 0 Å². The van der Waals surface area contributed by atoms with Crippen LogP contribution in [0, 0.1) is 16.0 Å². The summed E-state index contributed by atoms with van der Waals surface area (Å²) in [7, 11) is 0. The van der Waals surface area contributed by atoms with Crippen LogP contribution in [0.5, 0.6) is 0 Å². The van der Waals surface area contributed by atoms with Crippen molar-refractivity contribution in [2.45, 2.75) is 31.6 Å². The molecule has 23 heavy (non-hydrogen) atoms. The van der Waals surface area contributed by atoms with Crippen molar-refractivity contribution in [1.82, 2.24) is 4.90 Å². The molecule has 0 N–H and O–H groups in total. The molecule has 1 aromatic rings. The summed E-state index contributed by atoms with van der Waals surface area (Å²) in [6.07, 6.45) is 6.03. The zero-order valence-corrected chi connectivity index (χ0v) is 14.2. The normalized spacial score (nSPS) is 17.3. The molecule has 0 bridgehead atoms. The zero-order chi connectivity index (χ0) is 16.7. The summed E-state index contributed by atoms with van der Waals surface area (Å²) in [5, 5.41) is 11.2. The molecule has 5 heteroatoms. The Morgan fingerprint density at radius 3 is 2.52 bits per heavy atom. The summed E-state index contributed by atoms with van der Waals surface area (Å²) in [5.41, 5.74) is 0.982. The molecule has 0 amide bonds. The van der Waals surface area contributed by atoms with E-state index in [-0.39, 0.29) is 23.3 Å². The molecule has 0 aliphatic carbocycles. The summed E-state index contributed by atoms with van der Waals surface area (Å²) < 4.78 is 0. The van der Waals surface area contributed by atoms with Crippen LogP contribution in [-0.4, -0.2) is 34.4 Å². The third-order valence-corrected chi connectivity index (χ3v) is 5.03. The number of likely N-dealkylation sites (tertiary alicyclic amines) is 1. The Morgan fingerprint density at radius 1 is 1.30 bits per heavy atom. The van der Waals surface area contributed by atoms with Crippen molar-refractivity contribution in [3.05, 3.63) is 58.7 Å². The van der Waals surface area contributed by atoms with E-state index in [1.54, 1.807) is 0 Å². The predicted octanol–water partition coefficient (Wildman–Crippen LogP) is 4.05. The second kappa shape index (κ2) is 8.77.